The van der Waals surface area contributed by atoms with Crippen molar-refractivity contribution in [1.29, 1.82) is 0 Å². The van der Waals surface area contributed by atoms with E-state index in [-0.39, 0.29) is 28.3 Å². The topological polar surface area (TPSA) is 58.6 Å². The number of piperazine rings is 1. The fourth-order valence-corrected chi connectivity index (χ4v) is 4.52. The summed E-state index contributed by atoms with van der Waals surface area (Å²) in [5.74, 6) is -1.22. The van der Waals surface area contributed by atoms with Crippen LogP contribution in [0.5, 0.6) is 5.75 Å². The Hall–Kier alpha value is -2.33. The van der Waals surface area contributed by atoms with Gasteiger partial charge in [-0.25, -0.2) is 12.8 Å². The van der Waals surface area contributed by atoms with Crippen LogP contribution in [0.1, 0.15) is 26.3 Å². The van der Waals surface area contributed by atoms with Crippen LogP contribution in [-0.2, 0) is 16.0 Å². The van der Waals surface area contributed by atoms with Crippen molar-refractivity contribution in [3.63, 3.8) is 0 Å². The molecule has 0 aromatic heterocycles. The second-order valence-corrected chi connectivity index (χ2v) is 11.3. The van der Waals surface area contributed by atoms with Crippen molar-refractivity contribution in [2.24, 2.45) is 5.41 Å². The predicted octanol–water partition coefficient (Wildman–Crippen LogP) is 4.75. The van der Waals surface area contributed by atoms with Gasteiger partial charge in [-0.2, -0.15) is 13.2 Å². The Balaban J connectivity index is 2.26. The third kappa shape index (κ3) is 5.97. The highest BCUT2D eigenvalue weighted by Gasteiger charge is 2.37. The first-order valence-corrected chi connectivity index (χ1v) is 12.4. The van der Waals surface area contributed by atoms with Crippen molar-refractivity contribution >= 4 is 15.5 Å². The van der Waals surface area contributed by atoms with Gasteiger partial charge >= 0.3 is 6.18 Å². The van der Waals surface area contributed by atoms with E-state index in [1.807, 2.05) is 0 Å². The number of nitrogens with zero attached hydrogens (tertiary/aromatic N) is 1. The summed E-state index contributed by atoms with van der Waals surface area (Å²) in [6.45, 7) is 7.50. The van der Waals surface area contributed by atoms with E-state index in [0.717, 1.165) is 24.5 Å². The fraction of sp³-hybridized carbons (Fsp3) is 0.478. The maximum absolute atomic E-state index is 15.2. The number of hydrogen-bond acceptors (Lipinski definition) is 5. The van der Waals surface area contributed by atoms with Gasteiger partial charge in [0.1, 0.15) is 11.6 Å². The molecule has 0 unspecified atom stereocenters. The first-order chi connectivity index (χ1) is 15.2. The maximum Gasteiger partial charge on any atom is 0.419 e. The lowest BCUT2D eigenvalue weighted by Gasteiger charge is -2.30. The highest BCUT2D eigenvalue weighted by Crippen LogP contribution is 2.45. The predicted molar refractivity (Wildman–Crippen MR) is 120 cm³/mol. The monoisotopic (exact) mass is 488 g/mol. The summed E-state index contributed by atoms with van der Waals surface area (Å²) in [5.41, 5.74) is -1.70. The standard InChI is InChI=1S/C23H28F4N2O3S/c1-22(2,3)14-32-21-15(6-5-7-17(21)23(25,26)27)16-12-18(24)19(13-20(16)33(4,30)31)29-10-8-28-9-11-29/h5-7,12-13,28H,8-11,14H2,1-4H3. The second kappa shape index (κ2) is 9.13. The molecule has 1 fully saturated rings. The van der Waals surface area contributed by atoms with Gasteiger partial charge in [0.2, 0.25) is 0 Å². The molecule has 0 saturated carbocycles. The number of ether oxygens (including phenoxy) is 1. The molecule has 2 aromatic carbocycles. The second-order valence-electron chi connectivity index (χ2n) is 9.34. The minimum absolute atomic E-state index is 0.0529. The molecule has 0 amide bonds. The minimum atomic E-state index is -4.74. The van der Waals surface area contributed by atoms with E-state index in [0.29, 0.717) is 26.2 Å². The molecular formula is C23H28F4N2O3S. The van der Waals surface area contributed by atoms with Gasteiger partial charge < -0.3 is 15.0 Å². The van der Waals surface area contributed by atoms with Crippen molar-refractivity contribution in [3.8, 4) is 16.9 Å². The molecule has 0 aliphatic carbocycles. The Bertz CT molecular complexity index is 1120. The number of anilines is 1. The Kier molecular flexibility index (Phi) is 7.00. The third-order valence-electron chi connectivity index (χ3n) is 5.17. The Morgan fingerprint density at radius 3 is 2.24 bits per heavy atom. The van der Waals surface area contributed by atoms with Crippen LogP contribution in [0.4, 0.5) is 23.2 Å². The van der Waals surface area contributed by atoms with Gasteiger partial charge in [0.05, 0.1) is 22.8 Å². The number of sulfone groups is 1. The van der Waals surface area contributed by atoms with Crippen LogP contribution in [0.15, 0.2) is 35.2 Å². The molecule has 0 atom stereocenters. The van der Waals surface area contributed by atoms with Crippen LogP contribution < -0.4 is 15.0 Å². The molecule has 182 valence electrons. The number of rotatable bonds is 5. The zero-order chi connectivity index (χ0) is 24.6. The molecule has 1 aliphatic rings. The van der Waals surface area contributed by atoms with Crippen molar-refractivity contribution in [3.05, 3.63) is 41.7 Å². The van der Waals surface area contributed by atoms with E-state index in [2.05, 4.69) is 5.32 Å². The Morgan fingerprint density at radius 1 is 1.06 bits per heavy atom. The quantitative estimate of drug-likeness (QED) is 0.486. The summed E-state index contributed by atoms with van der Waals surface area (Å²) in [4.78, 5) is 1.46. The lowest BCUT2D eigenvalue weighted by molar-refractivity contribution is -0.139. The van der Waals surface area contributed by atoms with Crippen LogP contribution in [0.25, 0.3) is 11.1 Å². The van der Waals surface area contributed by atoms with Crippen molar-refractivity contribution in [2.75, 3.05) is 43.9 Å². The van der Waals surface area contributed by atoms with E-state index < -0.39 is 38.6 Å². The summed E-state index contributed by atoms with van der Waals surface area (Å²) in [7, 11) is -3.91. The van der Waals surface area contributed by atoms with Gasteiger partial charge in [0, 0.05) is 43.6 Å². The molecule has 2 aromatic rings. The molecule has 1 saturated heterocycles. The summed E-state index contributed by atoms with van der Waals surface area (Å²) in [6, 6.07) is 5.55. The van der Waals surface area contributed by atoms with E-state index in [1.165, 1.54) is 12.1 Å². The minimum Gasteiger partial charge on any atom is -0.492 e. The largest absolute Gasteiger partial charge is 0.492 e. The molecule has 1 heterocycles. The van der Waals surface area contributed by atoms with E-state index in [1.54, 1.807) is 25.7 Å². The number of benzene rings is 2. The molecule has 10 heteroatoms. The highest BCUT2D eigenvalue weighted by molar-refractivity contribution is 7.90. The number of halogens is 4. The number of alkyl halides is 3. The van der Waals surface area contributed by atoms with E-state index in [4.69, 9.17) is 4.74 Å². The van der Waals surface area contributed by atoms with Gasteiger partial charge in [-0.15, -0.1) is 0 Å². The van der Waals surface area contributed by atoms with Crippen LogP contribution in [0, 0.1) is 11.2 Å². The summed E-state index contributed by atoms with van der Waals surface area (Å²) >= 11 is 0. The van der Waals surface area contributed by atoms with Crippen molar-refractivity contribution in [2.45, 2.75) is 31.8 Å². The lowest BCUT2D eigenvalue weighted by Crippen LogP contribution is -2.44. The molecular weight excluding hydrogens is 460 g/mol. The van der Waals surface area contributed by atoms with Gasteiger partial charge in [0.15, 0.2) is 9.84 Å². The average molecular weight is 489 g/mol. The highest BCUT2D eigenvalue weighted by atomic mass is 32.2. The molecule has 0 bridgehead atoms. The molecule has 33 heavy (non-hydrogen) atoms. The molecule has 0 radical (unpaired) electrons. The van der Waals surface area contributed by atoms with Gasteiger partial charge in [0.25, 0.3) is 0 Å². The van der Waals surface area contributed by atoms with Crippen LogP contribution in [-0.4, -0.2) is 47.5 Å². The number of para-hydroxylation sites is 1. The summed E-state index contributed by atoms with van der Waals surface area (Å²) in [6.07, 6.45) is -3.79. The lowest BCUT2D eigenvalue weighted by atomic mass is 9.97. The summed E-state index contributed by atoms with van der Waals surface area (Å²) < 4.78 is 87.6. The number of nitrogens with one attached hydrogen (secondary N) is 1. The zero-order valence-corrected chi connectivity index (χ0v) is 19.8. The molecule has 1 aliphatic heterocycles. The smallest absolute Gasteiger partial charge is 0.419 e. The van der Waals surface area contributed by atoms with Gasteiger partial charge in [-0.3, -0.25) is 0 Å². The van der Waals surface area contributed by atoms with E-state index >= 15 is 4.39 Å². The maximum atomic E-state index is 15.2. The fourth-order valence-electron chi connectivity index (χ4n) is 3.62. The Morgan fingerprint density at radius 2 is 1.70 bits per heavy atom. The Labute approximate surface area is 191 Å². The number of hydrogen-bond donors (Lipinski definition) is 1. The third-order valence-corrected chi connectivity index (χ3v) is 6.30. The van der Waals surface area contributed by atoms with Gasteiger partial charge in [-0.05, 0) is 23.6 Å². The molecule has 1 N–H and O–H groups in total. The van der Waals surface area contributed by atoms with Crippen LogP contribution in [0.2, 0.25) is 0 Å². The first kappa shape index (κ1) is 25.3. The van der Waals surface area contributed by atoms with Crippen molar-refractivity contribution < 1.29 is 30.7 Å². The summed E-state index contributed by atoms with van der Waals surface area (Å²) in [5, 5.41) is 3.13. The van der Waals surface area contributed by atoms with Gasteiger partial charge in [-0.1, -0.05) is 32.9 Å². The molecule has 3 rings (SSSR count). The zero-order valence-electron chi connectivity index (χ0n) is 19.0. The average Bonchev–Trinajstić information content (AvgIpc) is 2.70. The molecule has 5 nitrogen and oxygen atoms in total. The van der Waals surface area contributed by atoms with Crippen LogP contribution >= 0.6 is 0 Å². The first-order valence-electron chi connectivity index (χ1n) is 10.5. The van der Waals surface area contributed by atoms with E-state index in [9.17, 15) is 21.6 Å². The molecule has 0 spiro atoms. The SMILES string of the molecule is CC(C)(C)COc1c(-c2cc(F)c(N3CCNCC3)cc2S(C)(=O)=O)cccc1C(F)(F)F. The normalized spacial score (nSPS) is 15.6. The van der Waals surface area contributed by atoms with Crippen molar-refractivity contribution in [1.82, 2.24) is 5.32 Å². The van der Waals surface area contributed by atoms with Crippen LogP contribution in [0.3, 0.4) is 0 Å².